The maximum Gasteiger partial charge on any atom is 0.270 e. The van der Waals surface area contributed by atoms with Crippen LogP contribution < -0.4 is 10.0 Å². The molecule has 1 saturated heterocycles. The van der Waals surface area contributed by atoms with Gasteiger partial charge < -0.3 is 9.90 Å². The summed E-state index contributed by atoms with van der Waals surface area (Å²) in [5.41, 5.74) is 3.72. The summed E-state index contributed by atoms with van der Waals surface area (Å²) in [6.45, 7) is 3.96. The Kier molecular flexibility index (Phi) is 4.74. The molecule has 1 amide bonds. The average molecular weight is 368 g/mol. The number of aromatic carboxylic acids is 1. The van der Waals surface area contributed by atoms with Gasteiger partial charge in [0.05, 0.1) is 16.6 Å². The van der Waals surface area contributed by atoms with Crippen LogP contribution in [0.3, 0.4) is 0 Å². The second-order valence-corrected chi connectivity index (χ2v) is 7.32. The Morgan fingerprint density at radius 3 is 2.48 bits per heavy atom. The molecule has 1 aliphatic heterocycles. The third kappa shape index (κ3) is 3.36. The van der Waals surface area contributed by atoms with E-state index in [4.69, 9.17) is 12.2 Å². The second-order valence-electron chi connectivity index (χ2n) is 5.65. The maximum absolute atomic E-state index is 12.8. The smallest absolute Gasteiger partial charge is 0.270 e. The number of carbonyl (C=O) groups is 2. The van der Waals surface area contributed by atoms with Crippen LogP contribution in [0.5, 0.6) is 0 Å². The van der Waals surface area contributed by atoms with Crippen LogP contribution in [0.15, 0.2) is 47.4 Å². The molecule has 0 spiro atoms. The number of hydrogen-bond donors (Lipinski definition) is 0. The number of anilines is 1. The molecule has 1 heterocycles. The molecule has 0 radical (unpaired) electrons. The van der Waals surface area contributed by atoms with Crippen LogP contribution in [0.2, 0.25) is 0 Å². The lowest BCUT2D eigenvalue weighted by molar-refractivity contribution is -0.255. The van der Waals surface area contributed by atoms with Gasteiger partial charge in [-0.05, 0) is 48.2 Å². The monoisotopic (exact) mass is 368 g/mol. The Morgan fingerprint density at radius 1 is 1.16 bits per heavy atom. The minimum Gasteiger partial charge on any atom is -0.545 e. The van der Waals surface area contributed by atoms with Crippen LogP contribution in [0.1, 0.15) is 27.0 Å². The minimum atomic E-state index is -1.23. The zero-order valence-corrected chi connectivity index (χ0v) is 15.2. The number of carbonyl (C=O) groups excluding carboxylic acids is 2. The van der Waals surface area contributed by atoms with Crippen molar-refractivity contribution < 1.29 is 14.7 Å². The third-order valence-electron chi connectivity index (χ3n) is 4.05. The zero-order valence-electron chi connectivity index (χ0n) is 13.6. The van der Waals surface area contributed by atoms with Gasteiger partial charge in [0.1, 0.15) is 0 Å². The van der Waals surface area contributed by atoms with Crippen molar-refractivity contribution in [2.24, 2.45) is 0 Å². The highest BCUT2D eigenvalue weighted by Gasteiger charge is 2.34. The molecule has 2 aromatic carbocycles. The average Bonchev–Trinajstić information content (AvgIpc) is 2.85. The van der Waals surface area contributed by atoms with E-state index in [1.165, 1.54) is 23.9 Å². The normalized spacial score (nSPS) is 15.9. The van der Waals surface area contributed by atoms with Crippen molar-refractivity contribution in [2.45, 2.75) is 13.8 Å². The van der Waals surface area contributed by atoms with E-state index in [2.05, 4.69) is 0 Å². The molecule has 0 aromatic heterocycles. The van der Waals surface area contributed by atoms with E-state index in [1.807, 2.05) is 32.0 Å². The summed E-state index contributed by atoms with van der Waals surface area (Å²) in [4.78, 5) is 25.7. The second kappa shape index (κ2) is 6.82. The van der Waals surface area contributed by atoms with Crippen LogP contribution in [0.25, 0.3) is 6.08 Å². The molecule has 126 valence electrons. The van der Waals surface area contributed by atoms with Gasteiger partial charge in [0.15, 0.2) is 4.32 Å². The Labute approximate surface area is 155 Å². The Bertz CT molecular complexity index is 917. The van der Waals surface area contributed by atoms with Gasteiger partial charge >= 0.3 is 0 Å². The van der Waals surface area contributed by atoms with Gasteiger partial charge in [0, 0.05) is 0 Å². The van der Waals surface area contributed by atoms with E-state index in [0.717, 1.165) is 22.4 Å². The highest BCUT2D eigenvalue weighted by atomic mass is 32.2. The van der Waals surface area contributed by atoms with Crippen LogP contribution in [0, 0.1) is 13.8 Å². The van der Waals surface area contributed by atoms with Crippen molar-refractivity contribution in [3.8, 4) is 0 Å². The summed E-state index contributed by atoms with van der Waals surface area (Å²) in [5.74, 6) is -1.40. The lowest BCUT2D eigenvalue weighted by Gasteiger charge is -2.18. The molecule has 4 nitrogen and oxygen atoms in total. The summed E-state index contributed by atoms with van der Waals surface area (Å²) in [6.07, 6.45) is 1.71. The summed E-state index contributed by atoms with van der Waals surface area (Å²) in [5, 5.41) is 10.8. The van der Waals surface area contributed by atoms with Crippen molar-refractivity contribution in [2.75, 3.05) is 4.90 Å². The molecule has 0 saturated carbocycles. The number of rotatable bonds is 3. The number of nitrogens with zero attached hydrogens (tertiary/aromatic N) is 1. The van der Waals surface area contributed by atoms with E-state index in [9.17, 15) is 14.7 Å². The largest absolute Gasteiger partial charge is 0.545 e. The van der Waals surface area contributed by atoms with Gasteiger partial charge in [0.25, 0.3) is 5.91 Å². The number of benzene rings is 2. The topological polar surface area (TPSA) is 60.4 Å². The SMILES string of the molecule is Cc1cccc(N2C(=O)/C(=C/c3ccc(C(=O)[O-])cc3)SC2=S)c1C. The third-order valence-corrected chi connectivity index (χ3v) is 5.36. The first-order valence-corrected chi connectivity index (χ1v) is 8.76. The van der Waals surface area contributed by atoms with Gasteiger partial charge in [0.2, 0.25) is 0 Å². The molecule has 1 fully saturated rings. The Balaban J connectivity index is 1.93. The van der Waals surface area contributed by atoms with Crippen molar-refractivity contribution in [3.05, 3.63) is 69.6 Å². The molecule has 0 bridgehead atoms. The predicted molar refractivity (Wildman–Crippen MR) is 102 cm³/mol. The van der Waals surface area contributed by atoms with Gasteiger partial charge in [-0.25, -0.2) is 0 Å². The summed E-state index contributed by atoms with van der Waals surface area (Å²) in [6, 6.07) is 11.9. The number of carboxylic acid groups (broad SMARTS) is 1. The maximum atomic E-state index is 12.8. The van der Waals surface area contributed by atoms with E-state index in [1.54, 1.807) is 23.1 Å². The molecule has 6 heteroatoms. The lowest BCUT2D eigenvalue weighted by atomic mass is 10.1. The molecule has 0 aliphatic carbocycles. The van der Waals surface area contributed by atoms with E-state index in [0.29, 0.717) is 9.23 Å². The molecule has 1 aliphatic rings. The van der Waals surface area contributed by atoms with Crippen molar-refractivity contribution in [1.29, 1.82) is 0 Å². The fourth-order valence-corrected chi connectivity index (χ4v) is 3.80. The van der Waals surface area contributed by atoms with E-state index < -0.39 is 5.97 Å². The minimum absolute atomic E-state index is 0.0973. The molecule has 2 aromatic rings. The first-order chi connectivity index (χ1) is 11.9. The number of carboxylic acids is 1. The fourth-order valence-electron chi connectivity index (χ4n) is 2.52. The summed E-state index contributed by atoms with van der Waals surface area (Å²) < 4.78 is 0.483. The highest BCUT2D eigenvalue weighted by molar-refractivity contribution is 8.27. The highest BCUT2D eigenvalue weighted by Crippen LogP contribution is 2.37. The molecule has 0 N–H and O–H groups in total. The predicted octanol–water partition coefficient (Wildman–Crippen LogP) is 3.07. The molecule has 0 atom stereocenters. The summed E-state index contributed by atoms with van der Waals surface area (Å²) in [7, 11) is 0. The van der Waals surface area contributed by atoms with Crippen molar-refractivity contribution >= 4 is 51.9 Å². The van der Waals surface area contributed by atoms with Crippen molar-refractivity contribution in [1.82, 2.24) is 0 Å². The molecule has 25 heavy (non-hydrogen) atoms. The fraction of sp³-hybridized carbons (Fsp3) is 0.105. The Hall–Kier alpha value is -2.44. The van der Waals surface area contributed by atoms with E-state index in [-0.39, 0.29) is 11.5 Å². The number of aryl methyl sites for hydroxylation is 1. The number of thiocarbonyl (C=S) groups is 1. The first-order valence-electron chi connectivity index (χ1n) is 7.54. The van der Waals surface area contributed by atoms with Crippen molar-refractivity contribution in [3.63, 3.8) is 0 Å². The number of hydrogen-bond acceptors (Lipinski definition) is 5. The Morgan fingerprint density at radius 2 is 1.84 bits per heavy atom. The van der Waals surface area contributed by atoms with Crippen LogP contribution in [-0.2, 0) is 4.79 Å². The lowest BCUT2D eigenvalue weighted by Crippen LogP contribution is -2.28. The number of amides is 1. The van der Waals surface area contributed by atoms with Crippen LogP contribution in [-0.4, -0.2) is 16.2 Å². The summed E-state index contributed by atoms with van der Waals surface area (Å²) >= 11 is 6.63. The van der Waals surface area contributed by atoms with E-state index >= 15 is 0 Å². The quantitative estimate of drug-likeness (QED) is 0.615. The van der Waals surface area contributed by atoms with Gasteiger partial charge in [-0.15, -0.1) is 0 Å². The zero-order chi connectivity index (χ0) is 18.1. The van der Waals surface area contributed by atoms with Gasteiger partial charge in [-0.2, -0.15) is 0 Å². The standard InChI is InChI=1S/C19H15NO3S2/c1-11-4-3-5-15(12(11)2)20-17(21)16(25-19(20)24)10-13-6-8-14(9-7-13)18(22)23/h3-10H,1-2H3,(H,22,23)/p-1/b16-10-. The molecular formula is C19H14NO3S2-. The molecule has 0 unspecified atom stereocenters. The van der Waals surface area contributed by atoms with Gasteiger partial charge in [-0.1, -0.05) is 60.4 Å². The van der Waals surface area contributed by atoms with Crippen LogP contribution >= 0.6 is 24.0 Å². The van der Waals surface area contributed by atoms with Crippen LogP contribution in [0.4, 0.5) is 5.69 Å². The van der Waals surface area contributed by atoms with Gasteiger partial charge in [-0.3, -0.25) is 9.69 Å². The first kappa shape index (κ1) is 17.4. The number of thioether (sulfide) groups is 1. The molecular weight excluding hydrogens is 354 g/mol. The molecule has 3 rings (SSSR count).